The van der Waals surface area contributed by atoms with Gasteiger partial charge in [0.2, 0.25) is 0 Å². The van der Waals surface area contributed by atoms with E-state index in [0.29, 0.717) is 0 Å². The van der Waals surface area contributed by atoms with Crippen LogP contribution in [0.1, 0.15) is 19.3 Å². The maximum atomic E-state index is 11.5. The van der Waals surface area contributed by atoms with E-state index in [0.717, 1.165) is 18.8 Å². The monoisotopic (exact) mass is 195 g/mol. The first-order chi connectivity index (χ1) is 4.83. The van der Waals surface area contributed by atoms with Gasteiger partial charge in [0.15, 0.2) is 0 Å². The van der Waals surface area contributed by atoms with Crippen LogP contribution in [0.25, 0.3) is 0 Å². The van der Waals surface area contributed by atoms with Gasteiger partial charge in [-0.3, -0.25) is 4.21 Å². The lowest BCUT2D eigenvalue weighted by Crippen LogP contribution is -2.55. The molecule has 0 aromatic rings. The molecule has 1 heterocycles. The zero-order valence-corrected chi connectivity index (χ0v) is 8.10. The molecule has 0 bridgehead atoms. The molecule has 2 nitrogen and oxygen atoms in total. The summed E-state index contributed by atoms with van der Waals surface area (Å²) < 4.78 is 11.7. The van der Waals surface area contributed by atoms with Gasteiger partial charge in [0.05, 0.1) is 4.75 Å². The third-order valence-electron chi connectivity index (χ3n) is 2.66. The second-order valence-corrected chi connectivity index (χ2v) is 5.23. The molecule has 1 aliphatic carbocycles. The summed E-state index contributed by atoms with van der Waals surface area (Å²) in [4.78, 5) is 0. The van der Waals surface area contributed by atoms with Crippen LogP contribution < -0.4 is 5.32 Å². The molecular formula is C7H14ClNOS. The molecule has 1 aliphatic heterocycles. The Kier molecular flexibility index (Phi) is 2.95. The summed E-state index contributed by atoms with van der Waals surface area (Å²) in [6.45, 7) is 1.95. The third-order valence-corrected chi connectivity index (χ3v) is 4.75. The fourth-order valence-electron chi connectivity index (χ4n) is 1.75. The summed E-state index contributed by atoms with van der Waals surface area (Å²) in [6.07, 6.45) is 3.66. The summed E-state index contributed by atoms with van der Waals surface area (Å²) in [7, 11) is -0.519. The quantitative estimate of drug-likeness (QED) is 0.616. The number of halogens is 1. The van der Waals surface area contributed by atoms with Gasteiger partial charge in [0.25, 0.3) is 0 Å². The van der Waals surface area contributed by atoms with Crippen LogP contribution in [0.3, 0.4) is 0 Å². The summed E-state index contributed by atoms with van der Waals surface area (Å²) in [5.74, 6) is 0.875. The van der Waals surface area contributed by atoms with Crippen molar-refractivity contribution >= 4 is 23.2 Å². The lowest BCUT2D eigenvalue weighted by molar-refractivity contribution is 0.328. The molecule has 66 valence electrons. The average Bonchev–Trinajstić information content (AvgIpc) is 1.85. The van der Waals surface area contributed by atoms with Crippen molar-refractivity contribution in [3.05, 3.63) is 0 Å². The van der Waals surface area contributed by atoms with E-state index in [9.17, 15) is 4.21 Å². The van der Waals surface area contributed by atoms with E-state index < -0.39 is 10.8 Å². The summed E-state index contributed by atoms with van der Waals surface area (Å²) in [5.41, 5.74) is 0. The number of nitrogens with one attached hydrogen (secondary N) is 1. The maximum Gasteiger partial charge on any atom is 0.0583 e. The zero-order valence-electron chi connectivity index (χ0n) is 6.47. The van der Waals surface area contributed by atoms with Crippen molar-refractivity contribution in [3.63, 3.8) is 0 Å². The van der Waals surface area contributed by atoms with Gasteiger partial charge in [-0.05, 0) is 12.8 Å². The van der Waals surface area contributed by atoms with Crippen LogP contribution in [0.4, 0.5) is 0 Å². The summed E-state index contributed by atoms with van der Waals surface area (Å²) in [6, 6.07) is 0. The van der Waals surface area contributed by atoms with Gasteiger partial charge >= 0.3 is 0 Å². The van der Waals surface area contributed by atoms with Gasteiger partial charge in [-0.1, -0.05) is 6.42 Å². The Hall–Kier alpha value is 0.400. The fraction of sp³-hybridized carbons (Fsp3) is 1.00. The maximum absolute atomic E-state index is 11.5. The van der Waals surface area contributed by atoms with Crippen LogP contribution in [0, 0.1) is 0 Å². The SMILES string of the molecule is Cl.O=S1CCNCC12CCC2. The first-order valence-corrected chi connectivity index (χ1v) is 5.25. The highest BCUT2D eigenvalue weighted by Crippen LogP contribution is 2.38. The van der Waals surface area contributed by atoms with Crippen LogP contribution in [0.5, 0.6) is 0 Å². The Balaban J connectivity index is 0.000000605. The summed E-state index contributed by atoms with van der Waals surface area (Å²) in [5, 5.41) is 3.31. The molecule has 4 heteroatoms. The molecule has 0 amide bonds. The molecule has 1 atom stereocenters. The fourth-order valence-corrected chi connectivity index (χ4v) is 3.52. The van der Waals surface area contributed by atoms with E-state index in [1.54, 1.807) is 0 Å². The Bertz CT molecular complexity index is 170. The topological polar surface area (TPSA) is 29.1 Å². The highest BCUT2D eigenvalue weighted by atomic mass is 35.5. The minimum Gasteiger partial charge on any atom is -0.314 e. The molecule has 1 saturated carbocycles. The molecule has 0 aromatic carbocycles. The van der Waals surface area contributed by atoms with E-state index in [1.807, 2.05) is 0 Å². The van der Waals surface area contributed by atoms with Crippen LogP contribution in [0.2, 0.25) is 0 Å². The molecule has 0 radical (unpaired) electrons. The second kappa shape index (κ2) is 3.42. The van der Waals surface area contributed by atoms with Crippen molar-refractivity contribution in [1.29, 1.82) is 0 Å². The predicted molar refractivity (Wildman–Crippen MR) is 49.7 cm³/mol. The molecule has 11 heavy (non-hydrogen) atoms. The molecule has 0 aromatic heterocycles. The van der Waals surface area contributed by atoms with Crippen molar-refractivity contribution in [1.82, 2.24) is 5.32 Å². The lowest BCUT2D eigenvalue weighted by atomic mass is 9.84. The molecule has 2 rings (SSSR count). The molecule has 2 fully saturated rings. The Labute approximate surface area is 76.0 Å². The van der Waals surface area contributed by atoms with E-state index in [4.69, 9.17) is 0 Å². The average molecular weight is 196 g/mol. The standard InChI is InChI=1S/C7H13NOS.ClH/c9-10-5-4-8-6-7(10)2-1-3-7;/h8H,1-6H2;1H. The van der Waals surface area contributed by atoms with Gasteiger partial charge in [0.1, 0.15) is 0 Å². The second-order valence-electron chi connectivity index (χ2n) is 3.26. The molecule has 1 unspecified atom stereocenters. The Morgan fingerprint density at radius 3 is 2.45 bits per heavy atom. The highest BCUT2D eigenvalue weighted by Gasteiger charge is 2.43. The van der Waals surface area contributed by atoms with Crippen LogP contribution in [-0.2, 0) is 10.8 Å². The first-order valence-electron chi connectivity index (χ1n) is 3.93. The van der Waals surface area contributed by atoms with Gasteiger partial charge in [0, 0.05) is 29.6 Å². The zero-order chi connectivity index (χ0) is 7.03. The number of rotatable bonds is 0. The van der Waals surface area contributed by atoms with E-state index in [-0.39, 0.29) is 17.2 Å². The largest absolute Gasteiger partial charge is 0.314 e. The Morgan fingerprint density at radius 1 is 1.36 bits per heavy atom. The van der Waals surface area contributed by atoms with E-state index in [1.165, 1.54) is 19.3 Å². The molecular weight excluding hydrogens is 182 g/mol. The van der Waals surface area contributed by atoms with Gasteiger partial charge in [-0.2, -0.15) is 0 Å². The van der Waals surface area contributed by atoms with Gasteiger partial charge < -0.3 is 5.32 Å². The smallest absolute Gasteiger partial charge is 0.0583 e. The number of hydrogen-bond acceptors (Lipinski definition) is 2. The van der Waals surface area contributed by atoms with Crippen molar-refractivity contribution in [2.24, 2.45) is 0 Å². The van der Waals surface area contributed by atoms with Crippen molar-refractivity contribution in [2.45, 2.75) is 24.0 Å². The minimum atomic E-state index is -0.519. The molecule has 2 aliphatic rings. The van der Waals surface area contributed by atoms with E-state index >= 15 is 0 Å². The van der Waals surface area contributed by atoms with E-state index in [2.05, 4.69) is 5.32 Å². The number of hydrogen-bond donors (Lipinski definition) is 1. The molecule has 1 N–H and O–H groups in total. The predicted octanol–water partition coefficient (Wildman–Crippen LogP) is 0.683. The molecule has 1 saturated heterocycles. The van der Waals surface area contributed by atoms with Crippen LogP contribution in [-0.4, -0.2) is 27.8 Å². The van der Waals surface area contributed by atoms with Gasteiger partial charge in [-0.25, -0.2) is 0 Å². The van der Waals surface area contributed by atoms with Crippen LogP contribution in [0.15, 0.2) is 0 Å². The summed E-state index contributed by atoms with van der Waals surface area (Å²) >= 11 is 0. The van der Waals surface area contributed by atoms with Crippen molar-refractivity contribution < 1.29 is 4.21 Å². The van der Waals surface area contributed by atoms with Crippen LogP contribution >= 0.6 is 12.4 Å². The lowest BCUT2D eigenvalue weighted by Gasteiger charge is -2.43. The van der Waals surface area contributed by atoms with Gasteiger partial charge in [-0.15, -0.1) is 12.4 Å². The third kappa shape index (κ3) is 1.46. The van der Waals surface area contributed by atoms with Crippen molar-refractivity contribution in [3.8, 4) is 0 Å². The molecule has 1 spiro atoms. The minimum absolute atomic E-state index is 0. The normalized spacial score (nSPS) is 34.0. The first kappa shape index (κ1) is 9.49. The highest BCUT2D eigenvalue weighted by molar-refractivity contribution is 7.86. The van der Waals surface area contributed by atoms with Crippen molar-refractivity contribution in [2.75, 3.05) is 18.8 Å². The Morgan fingerprint density at radius 2 is 2.09 bits per heavy atom.